The fraction of sp³-hybridized carbons (Fsp3) is 0.278. The molecule has 1 aliphatic rings. The van der Waals surface area contributed by atoms with E-state index in [0.717, 1.165) is 59.6 Å². The number of carbonyl (C=O) groups excluding carboxylic acids is 2. The molecule has 1 saturated heterocycles. The van der Waals surface area contributed by atoms with Crippen LogP contribution in [0.5, 0.6) is 0 Å². The Morgan fingerprint density at radius 3 is 2.12 bits per heavy atom. The number of hydrogen-bond donors (Lipinski definition) is 2. The molecule has 2 N–H and O–H groups in total. The number of esters is 1. The third kappa shape index (κ3) is 7.65. The van der Waals surface area contributed by atoms with E-state index in [1.54, 1.807) is 0 Å². The van der Waals surface area contributed by atoms with Crippen LogP contribution in [0, 0.1) is 6.92 Å². The van der Waals surface area contributed by atoms with Crippen molar-refractivity contribution in [2.45, 2.75) is 45.7 Å². The van der Waals surface area contributed by atoms with Crippen molar-refractivity contribution in [1.82, 2.24) is 4.90 Å². The van der Waals surface area contributed by atoms with Gasteiger partial charge in [0.05, 0.1) is 7.11 Å². The molecule has 1 amide bonds. The summed E-state index contributed by atoms with van der Waals surface area (Å²) in [4.78, 5) is 28.0. The normalized spacial score (nSPS) is 14.2. The van der Waals surface area contributed by atoms with Crippen LogP contribution in [0.25, 0.3) is 11.1 Å². The summed E-state index contributed by atoms with van der Waals surface area (Å²) in [5.41, 5.74) is 6.40. The minimum atomic E-state index is -0.388. The van der Waals surface area contributed by atoms with Crippen LogP contribution in [-0.4, -0.2) is 43.0 Å². The fourth-order valence-electron chi connectivity index (χ4n) is 5.38. The van der Waals surface area contributed by atoms with Crippen molar-refractivity contribution in [2.75, 3.05) is 30.8 Å². The van der Waals surface area contributed by atoms with Crippen LogP contribution in [0.3, 0.4) is 0 Å². The molecule has 0 spiro atoms. The van der Waals surface area contributed by atoms with Gasteiger partial charge in [-0.25, -0.2) is 4.79 Å². The number of benzene rings is 4. The highest BCUT2D eigenvalue weighted by molar-refractivity contribution is 6.08. The first kappa shape index (κ1) is 30.5. The van der Waals surface area contributed by atoms with Crippen LogP contribution < -0.4 is 10.6 Å². The number of nitrogens with one attached hydrogen (secondary N) is 2. The maximum Gasteiger partial charge on any atom is 0.327 e. The van der Waals surface area contributed by atoms with Crippen molar-refractivity contribution in [3.05, 3.63) is 120 Å². The third-order valence-electron chi connectivity index (χ3n) is 7.45. The first-order valence-corrected chi connectivity index (χ1v) is 14.7. The summed E-state index contributed by atoms with van der Waals surface area (Å²) in [6.07, 6.45) is 1.82. The molecule has 4 aromatic rings. The quantitative estimate of drug-likeness (QED) is 0.215. The molecule has 0 radical (unpaired) electrons. The molecule has 6 heteroatoms. The molecule has 0 saturated carbocycles. The molecular formula is C36H41N3O3. The molecule has 6 nitrogen and oxygen atoms in total. The Morgan fingerprint density at radius 1 is 0.810 bits per heavy atom. The summed E-state index contributed by atoms with van der Waals surface area (Å²) in [6.45, 7) is 7.62. The number of nitrogens with zero attached hydrogens (tertiary/aromatic N) is 1. The summed E-state index contributed by atoms with van der Waals surface area (Å²) in [6, 6.07) is 33.4. The van der Waals surface area contributed by atoms with Crippen LogP contribution in [0.2, 0.25) is 0 Å². The van der Waals surface area contributed by atoms with Gasteiger partial charge in [-0.05, 0) is 66.8 Å². The van der Waals surface area contributed by atoms with Crippen molar-refractivity contribution < 1.29 is 14.3 Å². The van der Waals surface area contributed by atoms with E-state index >= 15 is 0 Å². The molecule has 1 fully saturated rings. The van der Waals surface area contributed by atoms with Gasteiger partial charge in [-0.15, -0.1) is 0 Å². The average molecular weight is 564 g/mol. The number of likely N-dealkylation sites (tertiary alicyclic amines) is 1. The van der Waals surface area contributed by atoms with Crippen LogP contribution in [0.1, 0.15) is 54.2 Å². The van der Waals surface area contributed by atoms with E-state index in [2.05, 4.69) is 21.6 Å². The Bertz CT molecular complexity index is 1450. The average Bonchev–Trinajstić information content (AvgIpc) is 3.04. The zero-order valence-electron chi connectivity index (χ0n) is 25.0. The second kappa shape index (κ2) is 15.0. The number of ether oxygens (including phenoxy) is 1. The molecule has 1 aliphatic heterocycles. The van der Waals surface area contributed by atoms with Crippen molar-refractivity contribution in [3.8, 4) is 11.1 Å². The molecule has 4 aromatic carbocycles. The summed E-state index contributed by atoms with van der Waals surface area (Å²) in [7, 11) is 1.45. The van der Waals surface area contributed by atoms with Gasteiger partial charge in [-0.3, -0.25) is 9.69 Å². The number of carbonyl (C=O) groups is 2. The predicted molar refractivity (Wildman–Crippen MR) is 172 cm³/mol. The van der Waals surface area contributed by atoms with Crippen molar-refractivity contribution in [1.29, 1.82) is 0 Å². The monoisotopic (exact) mass is 563 g/mol. The lowest BCUT2D eigenvalue weighted by molar-refractivity contribution is -0.147. The van der Waals surface area contributed by atoms with Gasteiger partial charge in [0, 0.05) is 36.1 Å². The van der Waals surface area contributed by atoms with E-state index in [0.29, 0.717) is 11.6 Å². The zero-order chi connectivity index (χ0) is 29.9. The Labute approximate surface area is 249 Å². The predicted octanol–water partition coefficient (Wildman–Crippen LogP) is 7.73. The highest BCUT2D eigenvalue weighted by Crippen LogP contribution is 2.28. The van der Waals surface area contributed by atoms with E-state index in [1.807, 2.05) is 118 Å². The van der Waals surface area contributed by atoms with E-state index in [9.17, 15) is 9.59 Å². The Kier molecular flexibility index (Phi) is 10.9. The van der Waals surface area contributed by atoms with Gasteiger partial charge in [0.2, 0.25) is 0 Å². The van der Waals surface area contributed by atoms with Crippen molar-refractivity contribution in [3.63, 3.8) is 0 Å². The largest absolute Gasteiger partial charge is 0.468 e. The first-order chi connectivity index (χ1) is 20.5. The molecule has 0 aromatic heterocycles. The molecular weight excluding hydrogens is 522 g/mol. The second-order valence-corrected chi connectivity index (χ2v) is 10.2. The summed E-state index contributed by atoms with van der Waals surface area (Å²) in [5, 5.41) is 6.66. The molecule has 0 aliphatic carbocycles. The third-order valence-corrected chi connectivity index (χ3v) is 7.45. The molecule has 1 unspecified atom stereocenters. The highest BCUT2D eigenvalue weighted by atomic mass is 16.5. The zero-order valence-corrected chi connectivity index (χ0v) is 25.0. The highest BCUT2D eigenvalue weighted by Gasteiger charge is 2.32. The van der Waals surface area contributed by atoms with Crippen LogP contribution in [0.15, 0.2) is 103 Å². The first-order valence-electron chi connectivity index (χ1n) is 14.7. The minimum Gasteiger partial charge on any atom is -0.468 e. The topological polar surface area (TPSA) is 70.7 Å². The summed E-state index contributed by atoms with van der Waals surface area (Å²) >= 11 is 0. The Morgan fingerprint density at radius 2 is 1.45 bits per heavy atom. The van der Waals surface area contributed by atoms with Gasteiger partial charge in [-0.1, -0.05) is 92.2 Å². The van der Waals surface area contributed by atoms with Crippen LogP contribution in [0.4, 0.5) is 11.4 Å². The van der Waals surface area contributed by atoms with Crippen LogP contribution in [-0.2, 0) is 9.53 Å². The molecule has 5 rings (SSSR count). The maximum absolute atomic E-state index is 13.1. The van der Waals surface area contributed by atoms with E-state index < -0.39 is 0 Å². The van der Waals surface area contributed by atoms with E-state index in [1.165, 1.54) is 7.11 Å². The smallest absolute Gasteiger partial charge is 0.327 e. The van der Waals surface area contributed by atoms with Gasteiger partial charge in [0.25, 0.3) is 5.91 Å². The van der Waals surface area contributed by atoms with E-state index in [-0.39, 0.29) is 17.9 Å². The lowest BCUT2D eigenvalue weighted by atomic mass is 9.98. The van der Waals surface area contributed by atoms with Gasteiger partial charge in [0.15, 0.2) is 0 Å². The lowest BCUT2D eigenvalue weighted by Gasteiger charge is -2.37. The van der Waals surface area contributed by atoms with Crippen molar-refractivity contribution in [2.24, 2.45) is 0 Å². The van der Waals surface area contributed by atoms with Gasteiger partial charge in [-0.2, -0.15) is 0 Å². The number of hydrogen-bond acceptors (Lipinski definition) is 5. The standard InChI is InChI=1S/C34H35N3O3.C2H6/c1-24-9-8-12-26(23-24)32(34(39)40-2)37-21-19-29(20-22-37)35-27-15-17-28(18-16-27)36-33(38)31-14-7-6-13-30(31)25-10-4-3-5-11-25;1-2/h3-18,23,29,32,35H,19-22H2,1-2H3,(H,36,38);1-2H3. The van der Waals surface area contributed by atoms with Crippen LogP contribution >= 0.6 is 0 Å². The SMILES string of the molecule is CC.COC(=O)C(c1cccc(C)c1)N1CCC(Nc2ccc(NC(=O)c3ccccc3-c3ccccc3)cc2)CC1. The van der Waals surface area contributed by atoms with E-state index in [4.69, 9.17) is 4.74 Å². The fourth-order valence-corrected chi connectivity index (χ4v) is 5.38. The number of aryl methyl sites for hydroxylation is 1. The van der Waals surface area contributed by atoms with Crippen molar-refractivity contribution >= 4 is 23.3 Å². The number of amides is 1. The van der Waals surface area contributed by atoms with Gasteiger partial charge in [0.1, 0.15) is 6.04 Å². The number of methoxy groups -OCH3 is 1. The maximum atomic E-state index is 13.1. The second-order valence-electron chi connectivity index (χ2n) is 10.2. The Balaban J connectivity index is 0.00000198. The molecule has 42 heavy (non-hydrogen) atoms. The molecule has 1 atom stereocenters. The van der Waals surface area contributed by atoms with Gasteiger partial charge >= 0.3 is 5.97 Å². The molecule has 218 valence electrons. The van der Waals surface area contributed by atoms with Gasteiger partial charge < -0.3 is 15.4 Å². The summed E-state index contributed by atoms with van der Waals surface area (Å²) < 4.78 is 5.15. The number of anilines is 2. The molecule has 0 bridgehead atoms. The lowest BCUT2D eigenvalue weighted by Crippen LogP contribution is -2.43. The number of piperidine rings is 1. The molecule has 1 heterocycles. The summed E-state index contributed by atoms with van der Waals surface area (Å²) in [5.74, 6) is -0.359. The minimum absolute atomic E-state index is 0.138. The Hall–Kier alpha value is -4.42. The number of rotatable bonds is 8.